The minimum atomic E-state index is 0.524. The molecule has 0 unspecified atom stereocenters. The van der Waals surface area contributed by atoms with Crippen molar-refractivity contribution in [3.63, 3.8) is 0 Å². The predicted octanol–water partition coefficient (Wildman–Crippen LogP) is 4.76. The summed E-state index contributed by atoms with van der Waals surface area (Å²) < 4.78 is 0. The van der Waals surface area contributed by atoms with Crippen LogP contribution in [0.4, 0.5) is 5.82 Å². The van der Waals surface area contributed by atoms with Crippen molar-refractivity contribution in [2.75, 3.05) is 25.0 Å². The molecule has 4 nitrogen and oxygen atoms in total. The highest BCUT2D eigenvalue weighted by Crippen LogP contribution is 2.38. The number of anilines is 1. The second-order valence-corrected chi connectivity index (χ2v) is 8.32. The monoisotopic (exact) mass is 390 g/mol. The normalized spacial score (nSPS) is 18.9. The highest BCUT2D eigenvalue weighted by Gasteiger charge is 2.28. The van der Waals surface area contributed by atoms with E-state index in [0.29, 0.717) is 22.0 Å². The van der Waals surface area contributed by atoms with Gasteiger partial charge in [-0.15, -0.1) is 0 Å². The number of piperidine rings is 1. The summed E-state index contributed by atoms with van der Waals surface area (Å²) in [5.41, 5.74) is 1.18. The third-order valence-electron chi connectivity index (χ3n) is 5.40. The molecule has 6 heteroatoms. The SMILES string of the molecule is CN(c1ccnc(C2CC2)n1)C1CCN(Cc2cc(Cl)cc(Cl)c2)CC1. The first kappa shape index (κ1) is 18.0. The average molecular weight is 391 g/mol. The van der Waals surface area contributed by atoms with Crippen molar-refractivity contribution in [2.24, 2.45) is 0 Å². The maximum absolute atomic E-state index is 6.12. The van der Waals surface area contributed by atoms with E-state index < -0.39 is 0 Å². The molecule has 4 rings (SSSR count). The summed E-state index contributed by atoms with van der Waals surface area (Å²) in [6.45, 7) is 3.04. The second kappa shape index (κ2) is 7.71. The van der Waals surface area contributed by atoms with Crippen LogP contribution in [-0.2, 0) is 6.54 Å². The number of nitrogens with zero attached hydrogens (tertiary/aromatic N) is 4. The molecule has 2 aromatic rings. The molecule has 2 aliphatic rings. The number of hydrogen-bond acceptors (Lipinski definition) is 4. The summed E-state index contributed by atoms with van der Waals surface area (Å²) >= 11 is 12.2. The van der Waals surface area contributed by atoms with Gasteiger partial charge in [-0.3, -0.25) is 4.90 Å². The van der Waals surface area contributed by atoms with Crippen molar-refractivity contribution < 1.29 is 0 Å². The molecule has 1 saturated heterocycles. The Morgan fingerprint density at radius 2 is 1.77 bits per heavy atom. The van der Waals surface area contributed by atoms with Crippen molar-refractivity contribution in [1.82, 2.24) is 14.9 Å². The first-order valence-electron chi connectivity index (χ1n) is 9.31. The number of benzene rings is 1. The zero-order chi connectivity index (χ0) is 18.1. The number of aromatic nitrogens is 2. The molecule has 1 aliphatic carbocycles. The standard InChI is InChI=1S/C20H24Cl2N4/c1-25(19-4-7-23-20(24-19)15-2-3-15)18-5-8-26(9-6-18)13-14-10-16(21)12-17(22)11-14/h4,7,10-12,15,18H,2-3,5-6,8-9,13H2,1H3. The fourth-order valence-corrected chi connectivity index (χ4v) is 4.28. The molecule has 1 saturated carbocycles. The van der Waals surface area contributed by atoms with E-state index in [1.54, 1.807) is 6.07 Å². The molecule has 2 fully saturated rings. The van der Waals surface area contributed by atoms with Gasteiger partial charge in [-0.1, -0.05) is 23.2 Å². The van der Waals surface area contributed by atoms with Crippen molar-refractivity contribution in [3.8, 4) is 0 Å². The fraction of sp³-hybridized carbons (Fsp3) is 0.500. The Bertz CT molecular complexity index is 750. The van der Waals surface area contributed by atoms with E-state index in [0.717, 1.165) is 44.1 Å². The van der Waals surface area contributed by atoms with E-state index in [1.165, 1.54) is 18.4 Å². The largest absolute Gasteiger partial charge is 0.356 e. The van der Waals surface area contributed by atoms with Crippen LogP contribution in [-0.4, -0.2) is 41.0 Å². The molecular weight excluding hydrogens is 367 g/mol. The predicted molar refractivity (Wildman–Crippen MR) is 107 cm³/mol. The van der Waals surface area contributed by atoms with Gasteiger partial charge in [0.05, 0.1) is 0 Å². The van der Waals surface area contributed by atoms with Crippen LogP contribution in [0.1, 0.15) is 43.0 Å². The van der Waals surface area contributed by atoms with E-state index in [9.17, 15) is 0 Å². The van der Waals surface area contributed by atoms with E-state index >= 15 is 0 Å². The van der Waals surface area contributed by atoms with Crippen LogP contribution in [0, 0.1) is 0 Å². The molecule has 1 aliphatic heterocycles. The Labute approximate surface area is 165 Å². The van der Waals surface area contributed by atoms with Crippen LogP contribution in [0.5, 0.6) is 0 Å². The highest BCUT2D eigenvalue weighted by molar-refractivity contribution is 6.34. The van der Waals surface area contributed by atoms with Gasteiger partial charge in [-0.05, 0) is 55.5 Å². The Morgan fingerprint density at radius 1 is 1.08 bits per heavy atom. The molecule has 2 heterocycles. The number of rotatable bonds is 5. The summed E-state index contributed by atoms with van der Waals surface area (Å²) in [4.78, 5) is 14.0. The van der Waals surface area contributed by atoms with Crippen LogP contribution in [0.2, 0.25) is 10.0 Å². The smallest absolute Gasteiger partial charge is 0.133 e. The molecule has 0 radical (unpaired) electrons. The van der Waals surface area contributed by atoms with Crippen molar-refractivity contribution in [2.45, 2.75) is 44.2 Å². The molecule has 0 atom stereocenters. The lowest BCUT2D eigenvalue weighted by molar-refractivity contribution is 0.203. The molecule has 0 N–H and O–H groups in total. The maximum atomic E-state index is 6.12. The Hall–Kier alpha value is -1.36. The van der Waals surface area contributed by atoms with Crippen LogP contribution >= 0.6 is 23.2 Å². The molecule has 0 spiro atoms. The number of likely N-dealkylation sites (tertiary alicyclic amines) is 1. The van der Waals surface area contributed by atoms with Gasteiger partial charge >= 0.3 is 0 Å². The lowest BCUT2D eigenvalue weighted by atomic mass is 10.0. The van der Waals surface area contributed by atoms with Crippen molar-refractivity contribution in [3.05, 3.63) is 51.9 Å². The maximum Gasteiger partial charge on any atom is 0.133 e. The average Bonchev–Trinajstić information content (AvgIpc) is 3.46. The quantitative estimate of drug-likeness (QED) is 0.736. The van der Waals surface area contributed by atoms with E-state index in [1.807, 2.05) is 24.4 Å². The van der Waals surface area contributed by atoms with Crippen LogP contribution in [0.15, 0.2) is 30.5 Å². The third-order valence-corrected chi connectivity index (χ3v) is 5.83. The van der Waals surface area contributed by atoms with Gasteiger partial charge in [0, 0.05) is 54.9 Å². The van der Waals surface area contributed by atoms with Gasteiger partial charge < -0.3 is 4.90 Å². The van der Waals surface area contributed by atoms with Crippen molar-refractivity contribution in [1.29, 1.82) is 0 Å². The Kier molecular flexibility index (Phi) is 5.35. The zero-order valence-corrected chi connectivity index (χ0v) is 16.5. The summed E-state index contributed by atoms with van der Waals surface area (Å²) in [6, 6.07) is 8.35. The van der Waals surface area contributed by atoms with Gasteiger partial charge in [-0.2, -0.15) is 0 Å². The highest BCUT2D eigenvalue weighted by atomic mass is 35.5. The molecule has 1 aromatic carbocycles. The fourth-order valence-electron chi connectivity index (χ4n) is 3.71. The zero-order valence-electron chi connectivity index (χ0n) is 15.0. The van der Waals surface area contributed by atoms with Crippen LogP contribution in [0.25, 0.3) is 0 Å². The summed E-state index contributed by atoms with van der Waals surface area (Å²) in [7, 11) is 2.16. The van der Waals surface area contributed by atoms with Gasteiger partial charge in [0.25, 0.3) is 0 Å². The van der Waals surface area contributed by atoms with Gasteiger partial charge in [0.15, 0.2) is 0 Å². The molecular formula is C20H24Cl2N4. The topological polar surface area (TPSA) is 32.3 Å². The van der Waals surface area contributed by atoms with E-state index in [4.69, 9.17) is 28.2 Å². The van der Waals surface area contributed by atoms with Crippen LogP contribution in [0.3, 0.4) is 0 Å². The van der Waals surface area contributed by atoms with Gasteiger partial charge in [0.1, 0.15) is 11.6 Å². The van der Waals surface area contributed by atoms with E-state index in [2.05, 4.69) is 21.8 Å². The lowest BCUT2D eigenvalue weighted by Crippen LogP contribution is -2.43. The molecule has 0 amide bonds. The molecule has 138 valence electrons. The molecule has 1 aromatic heterocycles. The van der Waals surface area contributed by atoms with E-state index in [-0.39, 0.29) is 0 Å². The van der Waals surface area contributed by atoms with Gasteiger partial charge in [-0.25, -0.2) is 9.97 Å². The number of halogens is 2. The van der Waals surface area contributed by atoms with Gasteiger partial charge in [0.2, 0.25) is 0 Å². The Balaban J connectivity index is 1.34. The summed E-state index contributed by atoms with van der Waals surface area (Å²) in [5, 5.41) is 1.41. The summed E-state index contributed by atoms with van der Waals surface area (Å²) in [6.07, 6.45) is 6.64. The lowest BCUT2D eigenvalue weighted by Gasteiger charge is -2.37. The number of hydrogen-bond donors (Lipinski definition) is 0. The third kappa shape index (κ3) is 4.30. The minimum Gasteiger partial charge on any atom is -0.356 e. The second-order valence-electron chi connectivity index (χ2n) is 7.44. The van der Waals surface area contributed by atoms with Crippen LogP contribution < -0.4 is 4.90 Å². The molecule has 0 bridgehead atoms. The Morgan fingerprint density at radius 3 is 2.42 bits per heavy atom. The minimum absolute atomic E-state index is 0.524. The first-order valence-corrected chi connectivity index (χ1v) is 10.1. The molecule has 26 heavy (non-hydrogen) atoms. The van der Waals surface area contributed by atoms with Crippen molar-refractivity contribution >= 4 is 29.0 Å². The first-order chi connectivity index (χ1) is 12.6. The summed E-state index contributed by atoms with van der Waals surface area (Å²) in [5.74, 6) is 2.67.